The highest BCUT2D eigenvalue weighted by molar-refractivity contribution is 5.80. The summed E-state index contributed by atoms with van der Waals surface area (Å²) in [5.41, 5.74) is 0.0281. The summed E-state index contributed by atoms with van der Waals surface area (Å²) in [5.74, 6) is 0.474. The second-order valence-corrected chi connectivity index (χ2v) is 8.27. The summed E-state index contributed by atoms with van der Waals surface area (Å²) < 4.78 is 47.6. The van der Waals surface area contributed by atoms with Crippen molar-refractivity contribution in [1.29, 1.82) is 0 Å². The summed E-state index contributed by atoms with van der Waals surface area (Å²) in [5, 5.41) is 3.07. The minimum absolute atomic E-state index is 0.136. The number of amides is 1. The molecule has 0 radical (unpaired) electrons. The molecule has 2 atom stereocenters. The number of aryl methyl sites for hydroxylation is 1. The van der Waals surface area contributed by atoms with Crippen molar-refractivity contribution >= 4 is 11.7 Å². The zero-order valence-corrected chi connectivity index (χ0v) is 18.9. The molecule has 3 aromatic rings. The number of imidazole rings is 1. The number of ether oxygens (including phenoxy) is 1. The summed E-state index contributed by atoms with van der Waals surface area (Å²) >= 11 is 0. The molecule has 0 spiro atoms. The maximum absolute atomic E-state index is 13.5. The highest BCUT2D eigenvalue weighted by Crippen LogP contribution is 2.36. The fourth-order valence-electron chi connectivity index (χ4n) is 4.26. The van der Waals surface area contributed by atoms with Crippen molar-refractivity contribution in [2.45, 2.75) is 25.1 Å². The molecule has 7 nitrogen and oxygen atoms in total. The number of hydrogen-bond acceptors (Lipinski definition) is 5. The number of rotatable bonds is 6. The number of benzene rings is 1. The molecule has 1 aliphatic rings. The van der Waals surface area contributed by atoms with Crippen molar-refractivity contribution in [2.24, 2.45) is 13.0 Å². The summed E-state index contributed by atoms with van der Waals surface area (Å²) in [6.45, 7) is 0.562. The SMILES string of the molecule is COc1ccc(C(NC(=O)C2CCCN(c3ncccc3C(F)(F)F)C2)c2nccn2C)cc1. The van der Waals surface area contributed by atoms with Gasteiger partial charge in [0, 0.05) is 38.7 Å². The predicted octanol–water partition coefficient (Wildman–Crippen LogP) is 3.96. The van der Waals surface area contributed by atoms with Crippen LogP contribution in [0.1, 0.15) is 35.8 Å². The first-order valence-electron chi connectivity index (χ1n) is 11.0. The van der Waals surface area contributed by atoms with E-state index in [-0.39, 0.29) is 18.3 Å². The fourth-order valence-corrected chi connectivity index (χ4v) is 4.26. The Hall–Kier alpha value is -3.56. The van der Waals surface area contributed by atoms with Gasteiger partial charge in [0.25, 0.3) is 0 Å². The Balaban J connectivity index is 1.56. The number of alkyl halides is 3. The van der Waals surface area contributed by atoms with Crippen LogP contribution in [0.15, 0.2) is 55.0 Å². The molecule has 0 saturated carbocycles. The normalized spacial score (nSPS) is 17.3. The number of halogens is 3. The smallest absolute Gasteiger partial charge is 0.419 e. The summed E-state index contributed by atoms with van der Waals surface area (Å²) in [6.07, 6.45) is 1.43. The Morgan fingerprint density at radius 1 is 1.18 bits per heavy atom. The monoisotopic (exact) mass is 473 g/mol. The van der Waals surface area contributed by atoms with Crippen molar-refractivity contribution in [3.8, 4) is 5.75 Å². The second kappa shape index (κ2) is 9.74. The van der Waals surface area contributed by atoms with Crippen molar-refractivity contribution in [1.82, 2.24) is 19.9 Å². The van der Waals surface area contributed by atoms with Gasteiger partial charge in [-0.1, -0.05) is 12.1 Å². The largest absolute Gasteiger partial charge is 0.497 e. The van der Waals surface area contributed by atoms with Crippen LogP contribution in [0, 0.1) is 5.92 Å². The number of carbonyl (C=O) groups excluding carboxylic acids is 1. The quantitative estimate of drug-likeness (QED) is 0.587. The Bertz CT molecular complexity index is 1130. The summed E-state index contributed by atoms with van der Waals surface area (Å²) in [7, 11) is 3.42. The van der Waals surface area contributed by atoms with E-state index < -0.39 is 23.7 Å². The van der Waals surface area contributed by atoms with Crippen LogP contribution in [0.3, 0.4) is 0 Å². The van der Waals surface area contributed by atoms with Crippen molar-refractivity contribution in [3.63, 3.8) is 0 Å². The minimum atomic E-state index is -4.52. The molecule has 4 rings (SSSR count). The Morgan fingerprint density at radius 3 is 2.59 bits per heavy atom. The molecule has 10 heteroatoms. The first-order chi connectivity index (χ1) is 16.3. The van der Waals surface area contributed by atoms with Crippen molar-refractivity contribution < 1.29 is 22.7 Å². The van der Waals surface area contributed by atoms with E-state index in [1.165, 1.54) is 12.3 Å². The molecular weight excluding hydrogens is 447 g/mol. The third kappa shape index (κ3) is 5.00. The van der Waals surface area contributed by atoms with Gasteiger partial charge in [-0.2, -0.15) is 13.2 Å². The second-order valence-electron chi connectivity index (χ2n) is 8.27. The lowest BCUT2D eigenvalue weighted by Gasteiger charge is -2.34. The maximum atomic E-state index is 13.5. The standard InChI is InChI=1S/C24H26F3N5O2/c1-31-14-12-29-22(31)20(16-7-9-18(34-2)10-8-16)30-23(33)17-5-4-13-32(15-17)21-19(24(25,26)27)6-3-11-28-21/h3,6-12,14,17,20H,4-5,13,15H2,1-2H3,(H,30,33). The van der Waals surface area contributed by atoms with Crippen LogP contribution >= 0.6 is 0 Å². The van der Waals surface area contributed by atoms with Crippen LogP contribution in [0.5, 0.6) is 5.75 Å². The molecule has 3 heterocycles. The third-order valence-electron chi connectivity index (χ3n) is 6.04. The lowest BCUT2D eigenvalue weighted by atomic mass is 9.95. The van der Waals surface area contributed by atoms with E-state index in [2.05, 4.69) is 15.3 Å². The van der Waals surface area contributed by atoms with Gasteiger partial charge in [0.2, 0.25) is 5.91 Å². The molecule has 34 heavy (non-hydrogen) atoms. The third-order valence-corrected chi connectivity index (χ3v) is 6.04. The lowest BCUT2D eigenvalue weighted by molar-refractivity contribution is -0.137. The van der Waals surface area contributed by atoms with E-state index in [0.717, 1.165) is 11.6 Å². The minimum Gasteiger partial charge on any atom is -0.497 e. The van der Waals surface area contributed by atoms with Gasteiger partial charge in [-0.15, -0.1) is 0 Å². The molecule has 1 saturated heterocycles. The van der Waals surface area contributed by atoms with Gasteiger partial charge in [0.15, 0.2) is 0 Å². The molecule has 1 aromatic carbocycles. The Labute approximate surface area is 195 Å². The number of anilines is 1. The summed E-state index contributed by atoms with van der Waals surface area (Å²) in [4.78, 5) is 23.3. The Morgan fingerprint density at radius 2 is 1.94 bits per heavy atom. The summed E-state index contributed by atoms with van der Waals surface area (Å²) in [6, 6.07) is 9.09. The topological polar surface area (TPSA) is 72.3 Å². The highest BCUT2D eigenvalue weighted by Gasteiger charge is 2.37. The molecular formula is C24H26F3N5O2. The average molecular weight is 473 g/mol. The molecule has 2 aromatic heterocycles. The molecule has 180 valence electrons. The van der Waals surface area contributed by atoms with Gasteiger partial charge in [-0.25, -0.2) is 9.97 Å². The first kappa shape index (κ1) is 23.6. The molecule has 1 amide bonds. The lowest BCUT2D eigenvalue weighted by Crippen LogP contribution is -2.45. The van der Waals surface area contributed by atoms with Crippen LogP contribution in [0.25, 0.3) is 0 Å². The van der Waals surface area contributed by atoms with Crippen LogP contribution in [-0.4, -0.2) is 40.6 Å². The number of hydrogen-bond donors (Lipinski definition) is 1. The number of carbonyl (C=O) groups is 1. The van der Waals surface area contributed by atoms with Crippen molar-refractivity contribution in [3.05, 3.63) is 71.9 Å². The van der Waals surface area contributed by atoms with Gasteiger partial charge in [0.05, 0.1) is 18.6 Å². The number of nitrogens with zero attached hydrogens (tertiary/aromatic N) is 4. The van der Waals surface area contributed by atoms with Crippen LogP contribution in [0.2, 0.25) is 0 Å². The van der Waals surface area contributed by atoms with Gasteiger partial charge in [0.1, 0.15) is 23.4 Å². The zero-order valence-electron chi connectivity index (χ0n) is 18.9. The highest BCUT2D eigenvalue weighted by atomic mass is 19.4. The van der Waals surface area contributed by atoms with Crippen molar-refractivity contribution in [2.75, 3.05) is 25.1 Å². The molecule has 1 N–H and O–H groups in total. The first-order valence-corrected chi connectivity index (χ1v) is 11.0. The van der Waals surface area contributed by atoms with Crippen LogP contribution < -0.4 is 15.0 Å². The van der Waals surface area contributed by atoms with E-state index in [1.807, 2.05) is 23.7 Å². The number of piperidine rings is 1. The molecule has 0 bridgehead atoms. The van der Waals surface area contributed by atoms with E-state index in [9.17, 15) is 18.0 Å². The zero-order chi connectivity index (χ0) is 24.3. The van der Waals surface area contributed by atoms with E-state index in [4.69, 9.17) is 4.74 Å². The number of pyridine rings is 1. The predicted molar refractivity (Wildman–Crippen MR) is 120 cm³/mol. The van der Waals surface area contributed by atoms with Crippen LogP contribution in [-0.2, 0) is 18.0 Å². The van der Waals surface area contributed by atoms with E-state index in [0.29, 0.717) is 31.0 Å². The molecule has 2 unspecified atom stereocenters. The maximum Gasteiger partial charge on any atom is 0.419 e. The molecule has 1 aliphatic heterocycles. The number of methoxy groups -OCH3 is 1. The van der Waals surface area contributed by atoms with Gasteiger partial charge in [-0.05, 0) is 42.7 Å². The Kier molecular flexibility index (Phi) is 6.76. The van der Waals surface area contributed by atoms with E-state index in [1.54, 1.807) is 36.5 Å². The van der Waals surface area contributed by atoms with Gasteiger partial charge in [-0.3, -0.25) is 4.79 Å². The average Bonchev–Trinajstić information content (AvgIpc) is 3.27. The fraction of sp³-hybridized carbons (Fsp3) is 0.375. The molecule has 1 fully saturated rings. The molecule has 0 aliphatic carbocycles. The van der Waals surface area contributed by atoms with E-state index >= 15 is 0 Å². The van der Waals surface area contributed by atoms with Gasteiger partial charge >= 0.3 is 6.18 Å². The van der Waals surface area contributed by atoms with Gasteiger partial charge < -0.3 is 19.5 Å². The number of aromatic nitrogens is 3. The number of nitrogens with one attached hydrogen (secondary N) is 1. The van der Waals surface area contributed by atoms with Crippen LogP contribution in [0.4, 0.5) is 19.0 Å².